The smallest absolute Gasteiger partial charge is 0.264 e. The molecule has 0 atom stereocenters. The van der Waals surface area contributed by atoms with Crippen molar-refractivity contribution in [3.8, 4) is 0 Å². The molecular weight excluding hydrogens is 288 g/mol. The van der Waals surface area contributed by atoms with Crippen LogP contribution in [0.5, 0.6) is 0 Å². The predicted octanol–water partition coefficient (Wildman–Crippen LogP) is 2.54. The molecule has 21 heavy (non-hydrogen) atoms. The van der Waals surface area contributed by atoms with Crippen molar-refractivity contribution in [3.63, 3.8) is 0 Å². The Balaban J connectivity index is 1.99. The lowest BCUT2D eigenvalue weighted by Gasteiger charge is -2.02. The van der Waals surface area contributed by atoms with Crippen molar-refractivity contribution in [2.45, 2.75) is 13.5 Å². The highest BCUT2D eigenvalue weighted by Crippen LogP contribution is 2.29. The van der Waals surface area contributed by atoms with Gasteiger partial charge in [0.05, 0.1) is 12.8 Å². The number of nitrogens with zero attached hydrogens (tertiary/aromatic N) is 1. The van der Waals surface area contributed by atoms with Gasteiger partial charge in [-0.3, -0.25) is 9.71 Å². The van der Waals surface area contributed by atoms with Crippen LogP contribution in [0.3, 0.4) is 0 Å². The molecule has 5 nitrogen and oxygen atoms in total. The van der Waals surface area contributed by atoms with Gasteiger partial charge in [0.25, 0.3) is 10.0 Å². The maximum Gasteiger partial charge on any atom is 0.264 e. The molecular formula is C15H14N2O3S. The number of hydrogen-bond donors (Lipinski definition) is 1. The molecule has 0 radical (unpaired) electrons. The lowest BCUT2D eigenvalue weighted by Crippen LogP contribution is -2.23. The summed E-state index contributed by atoms with van der Waals surface area (Å²) in [5, 5.41) is 0. The van der Waals surface area contributed by atoms with Crippen LogP contribution in [-0.2, 0) is 16.6 Å². The van der Waals surface area contributed by atoms with Crippen LogP contribution < -0.4 is 4.72 Å². The maximum atomic E-state index is 12.3. The van der Waals surface area contributed by atoms with Crippen LogP contribution in [0.15, 0.2) is 63.7 Å². The summed E-state index contributed by atoms with van der Waals surface area (Å²) in [5.74, 6) is 1.05. The minimum absolute atomic E-state index is 0.279. The SMILES string of the molecule is CC1=C(c2ccccc2)S(=O)(=O)NC1=NCc1ccco1. The van der Waals surface area contributed by atoms with E-state index in [4.69, 9.17) is 4.42 Å². The van der Waals surface area contributed by atoms with Crippen molar-refractivity contribution in [3.05, 3.63) is 65.6 Å². The Morgan fingerprint density at radius 3 is 2.57 bits per heavy atom. The molecule has 1 N–H and O–H groups in total. The average Bonchev–Trinajstić information content (AvgIpc) is 3.04. The third kappa shape index (κ3) is 2.62. The van der Waals surface area contributed by atoms with E-state index in [1.165, 1.54) is 0 Å². The fraction of sp³-hybridized carbons (Fsp3) is 0.133. The molecule has 0 saturated carbocycles. The van der Waals surface area contributed by atoms with E-state index in [0.29, 0.717) is 29.3 Å². The highest BCUT2D eigenvalue weighted by molar-refractivity contribution is 8.00. The summed E-state index contributed by atoms with van der Waals surface area (Å²) in [5.41, 5.74) is 1.28. The minimum atomic E-state index is -3.56. The molecule has 0 amide bonds. The number of nitrogens with one attached hydrogen (secondary N) is 1. The first-order valence-electron chi connectivity index (χ1n) is 6.44. The Morgan fingerprint density at radius 1 is 1.14 bits per heavy atom. The fourth-order valence-electron chi connectivity index (χ4n) is 2.24. The molecule has 0 saturated heterocycles. The highest BCUT2D eigenvalue weighted by atomic mass is 32.2. The van der Waals surface area contributed by atoms with Crippen molar-refractivity contribution in [1.82, 2.24) is 4.72 Å². The van der Waals surface area contributed by atoms with E-state index in [9.17, 15) is 8.42 Å². The van der Waals surface area contributed by atoms with Gasteiger partial charge >= 0.3 is 0 Å². The quantitative estimate of drug-likeness (QED) is 0.947. The first-order valence-corrected chi connectivity index (χ1v) is 7.92. The summed E-state index contributed by atoms with van der Waals surface area (Å²) < 4.78 is 32.2. The number of aliphatic imine (C=N–C) groups is 1. The van der Waals surface area contributed by atoms with Gasteiger partial charge in [0.2, 0.25) is 0 Å². The maximum absolute atomic E-state index is 12.3. The largest absolute Gasteiger partial charge is 0.467 e. The van der Waals surface area contributed by atoms with Crippen molar-refractivity contribution in [1.29, 1.82) is 0 Å². The van der Waals surface area contributed by atoms with Crippen molar-refractivity contribution in [2.24, 2.45) is 4.99 Å². The van der Waals surface area contributed by atoms with Crippen molar-refractivity contribution < 1.29 is 12.8 Å². The van der Waals surface area contributed by atoms with Gasteiger partial charge in [0.1, 0.15) is 16.5 Å². The topological polar surface area (TPSA) is 71.7 Å². The zero-order chi connectivity index (χ0) is 14.9. The molecule has 6 heteroatoms. The van der Waals surface area contributed by atoms with Gasteiger partial charge in [0.15, 0.2) is 0 Å². The van der Waals surface area contributed by atoms with Gasteiger partial charge in [-0.05, 0) is 24.6 Å². The molecule has 1 aliphatic rings. The molecule has 0 fully saturated rings. The van der Waals surface area contributed by atoms with E-state index in [2.05, 4.69) is 9.71 Å². The Bertz CT molecular complexity index is 804. The van der Waals surface area contributed by atoms with Gasteiger partial charge in [-0.1, -0.05) is 30.3 Å². The monoisotopic (exact) mass is 302 g/mol. The molecule has 1 aliphatic heterocycles. The molecule has 0 unspecified atom stereocenters. The summed E-state index contributed by atoms with van der Waals surface area (Å²) in [4.78, 5) is 4.57. The Morgan fingerprint density at radius 2 is 1.90 bits per heavy atom. The Kier molecular flexibility index (Phi) is 3.39. The van der Waals surface area contributed by atoms with E-state index in [1.54, 1.807) is 37.5 Å². The summed E-state index contributed by atoms with van der Waals surface area (Å²) >= 11 is 0. The molecule has 0 spiro atoms. The molecule has 0 aliphatic carbocycles. The summed E-state index contributed by atoms with van der Waals surface area (Å²) in [6, 6.07) is 12.6. The second-order valence-electron chi connectivity index (χ2n) is 4.67. The number of hydrogen-bond acceptors (Lipinski definition) is 4. The summed E-state index contributed by atoms with van der Waals surface area (Å²) in [6.45, 7) is 2.05. The fourth-order valence-corrected chi connectivity index (χ4v) is 3.76. The van der Waals surface area contributed by atoms with Crippen LogP contribution >= 0.6 is 0 Å². The molecule has 108 valence electrons. The van der Waals surface area contributed by atoms with Crippen molar-refractivity contribution in [2.75, 3.05) is 0 Å². The van der Waals surface area contributed by atoms with E-state index in [0.717, 1.165) is 0 Å². The molecule has 1 aromatic heterocycles. The van der Waals surface area contributed by atoms with Gasteiger partial charge in [-0.2, -0.15) is 0 Å². The van der Waals surface area contributed by atoms with Crippen molar-refractivity contribution >= 4 is 20.8 Å². The van der Waals surface area contributed by atoms with Crippen LogP contribution in [0.25, 0.3) is 4.91 Å². The van der Waals surface area contributed by atoms with E-state index >= 15 is 0 Å². The van der Waals surface area contributed by atoms with E-state index in [1.807, 2.05) is 18.2 Å². The molecule has 1 aromatic carbocycles. The van der Waals surface area contributed by atoms with Gasteiger partial charge in [-0.25, -0.2) is 8.42 Å². The Labute approximate surface area is 123 Å². The minimum Gasteiger partial charge on any atom is -0.467 e. The standard InChI is InChI=1S/C15H14N2O3S/c1-11-14(12-6-3-2-4-7-12)21(18,19)17-15(11)16-10-13-8-5-9-20-13/h2-9H,10H2,1H3,(H,16,17). The first kappa shape index (κ1) is 13.6. The van der Waals surface area contributed by atoms with Crippen LogP contribution in [0.2, 0.25) is 0 Å². The second-order valence-corrected chi connectivity index (χ2v) is 6.29. The number of benzene rings is 1. The highest BCUT2D eigenvalue weighted by Gasteiger charge is 2.32. The molecule has 0 bridgehead atoms. The molecule has 2 heterocycles. The lowest BCUT2D eigenvalue weighted by atomic mass is 10.1. The average molecular weight is 302 g/mol. The normalized spacial score (nSPS) is 19.0. The van der Waals surface area contributed by atoms with Crippen LogP contribution in [0.1, 0.15) is 18.2 Å². The number of sulfonamides is 1. The molecule has 3 rings (SSSR count). The lowest BCUT2D eigenvalue weighted by molar-refractivity contribution is 0.512. The first-order chi connectivity index (χ1) is 10.1. The number of furan rings is 1. The zero-order valence-electron chi connectivity index (χ0n) is 11.4. The Hall–Kier alpha value is -2.34. The van der Waals surface area contributed by atoms with Gasteiger partial charge in [-0.15, -0.1) is 0 Å². The predicted molar refractivity (Wildman–Crippen MR) is 80.9 cm³/mol. The summed E-state index contributed by atoms with van der Waals surface area (Å²) in [7, 11) is -3.56. The zero-order valence-corrected chi connectivity index (χ0v) is 12.2. The van der Waals surface area contributed by atoms with Gasteiger partial charge < -0.3 is 4.42 Å². The summed E-state index contributed by atoms with van der Waals surface area (Å²) in [6.07, 6.45) is 1.56. The number of rotatable bonds is 3. The van der Waals surface area contributed by atoms with Crippen LogP contribution in [-0.4, -0.2) is 14.3 Å². The van der Waals surface area contributed by atoms with E-state index < -0.39 is 10.0 Å². The third-order valence-corrected chi connectivity index (χ3v) is 4.75. The van der Waals surface area contributed by atoms with Gasteiger partial charge in [0, 0.05) is 5.57 Å². The number of amidine groups is 1. The van der Waals surface area contributed by atoms with E-state index in [-0.39, 0.29) is 4.91 Å². The second kappa shape index (κ2) is 5.21. The molecule has 2 aromatic rings. The van der Waals surface area contributed by atoms with Crippen LogP contribution in [0.4, 0.5) is 0 Å². The third-order valence-electron chi connectivity index (χ3n) is 3.20. The van der Waals surface area contributed by atoms with Crippen LogP contribution in [0, 0.1) is 0 Å².